The standard InChI is InChI=1S/C9H9BrFNO2/c10-7-2-1-6(3-8(7)11)4-9(12)14-5-13/h1-3,5,9H,4,12H2. The Hall–Kier alpha value is -0.940. The van der Waals surface area contributed by atoms with E-state index < -0.39 is 6.23 Å². The molecule has 0 aliphatic rings. The Balaban J connectivity index is 2.67. The lowest BCUT2D eigenvalue weighted by molar-refractivity contribution is -0.133. The molecule has 5 heteroatoms. The molecule has 0 aliphatic heterocycles. The molecule has 0 saturated heterocycles. The number of ether oxygens (including phenoxy) is 1. The van der Waals surface area contributed by atoms with Crippen LogP contribution in [0.5, 0.6) is 0 Å². The van der Waals surface area contributed by atoms with Gasteiger partial charge in [0.2, 0.25) is 0 Å². The van der Waals surface area contributed by atoms with Gasteiger partial charge in [0.05, 0.1) is 4.47 Å². The highest BCUT2D eigenvalue weighted by molar-refractivity contribution is 9.10. The molecule has 0 amide bonds. The van der Waals surface area contributed by atoms with Gasteiger partial charge in [0.15, 0.2) is 6.23 Å². The minimum absolute atomic E-state index is 0.278. The normalized spacial score (nSPS) is 12.2. The van der Waals surface area contributed by atoms with Crippen molar-refractivity contribution in [2.24, 2.45) is 5.73 Å². The van der Waals surface area contributed by atoms with Crippen LogP contribution in [0.3, 0.4) is 0 Å². The van der Waals surface area contributed by atoms with Gasteiger partial charge >= 0.3 is 0 Å². The number of nitrogens with two attached hydrogens (primary N) is 1. The summed E-state index contributed by atoms with van der Waals surface area (Å²) < 4.78 is 17.9. The molecule has 0 radical (unpaired) electrons. The molecule has 1 aromatic rings. The molecule has 1 rings (SSSR count). The smallest absolute Gasteiger partial charge is 0.294 e. The maximum atomic E-state index is 13.0. The first kappa shape index (κ1) is 11.1. The van der Waals surface area contributed by atoms with Gasteiger partial charge in [0.1, 0.15) is 5.82 Å². The maximum Gasteiger partial charge on any atom is 0.294 e. The topological polar surface area (TPSA) is 52.3 Å². The van der Waals surface area contributed by atoms with Crippen LogP contribution >= 0.6 is 15.9 Å². The first-order valence-electron chi connectivity index (χ1n) is 3.92. The summed E-state index contributed by atoms with van der Waals surface area (Å²) in [4.78, 5) is 9.94. The van der Waals surface area contributed by atoms with Crippen molar-refractivity contribution < 1.29 is 13.9 Å². The average molecular weight is 262 g/mol. The quantitative estimate of drug-likeness (QED) is 0.662. The van der Waals surface area contributed by atoms with Crippen molar-refractivity contribution in [2.45, 2.75) is 12.6 Å². The van der Waals surface area contributed by atoms with Crippen molar-refractivity contribution in [3.63, 3.8) is 0 Å². The Bertz CT molecular complexity index is 333. The van der Waals surface area contributed by atoms with Gasteiger partial charge in [-0.25, -0.2) is 4.39 Å². The number of carbonyl (C=O) groups is 1. The SMILES string of the molecule is NC(Cc1ccc(Br)c(F)c1)OC=O. The highest BCUT2D eigenvalue weighted by Crippen LogP contribution is 2.17. The summed E-state index contributed by atoms with van der Waals surface area (Å²) in [5, 5.41) is 0. The Kier molecular flexibility index (Phi) is 4.03. The molecule has 0 spiro atoms. The Morgan fingerprint density at radius 2 is 2.36 bits per heavy atom. The first-order chi connectivity index (χ1) is 6.63. The molecule has 0 fully saturated rings. The fraction of sp³-hybridized carbons (Fsp3) is 0.222. The zero-order valence-corrected chi connectivity index (χ0v) is 8.83. The second-order valence-electron chi connectivity index (χ2n) is 2.72. The van der Waals surface area contributed by atoms with Crippen molar-refractivity contribution in [1.82, 2.24) is 0 Å². The van der Waals surface area contributed by atoms with E-state index in [1.165, 1.54) is 6.07 Å². The molecule has 0 aliphatic carbocycles. The third-order valence-electron chi connectivity index (χ3n) is 1.65. The molecular weight excluding hydrogens is 253 g/mol. The molecule has 0 saturated carbocycles. The predicted molar refractivity (Wildman–Crippen MR) is 52.9 cm³/mol. The first-order valence-corrected chi connectivity index (χ1v) is 4.71. The van der Waals surface area contributed by atoms with E-state index in [4.69, 9.17) is 5.73 Å². The van der Waals surface area contributed by atoms with Crippen molar-refractivity contribution in [1.29, 1.82) is 0 Å². The van der Waals surface area contributed by atoms with Crippen LogP contribution in [0, 0.1) is 5.82 Å². The van der Waals surface area contributed by atoms with Crippen molar-refractivity contribution in [3.8, 4) is 0 Å². The third kappa shape index (κ3) is 3.08. The minimum Gasteiger partial charge on any atom is -0.449 e. The van der Waals surface area contributed by atoms with E-state index in [0.29, 0.717) is 16.5 Å². The zero-order valence-electron chi connectivity index (χ0n) is 7.24. The third-order valence-corrected chi connectivity index (χ3v) is 2.29. The number of benzene rings is 1. The molecule has 1 aromatic carbocycles. The highest BCUT2D eigenvalue weighted by Gasteiger charge is 2.06. The summed E-state index contributed by atoms with van der Waals surface area (Å²) in [7, 11) is 0. The molecule has 0 bridgehead atoms. The van der Waals surface area contributed by atoms with E-state index in [2.05, 4.69) is 20.7 Å². The Morgan fingerprint density at radius 1 is 1.64 bits per heavy atom. The average Bonchev–Trinajstić information content (AvgIpc) is 2.12. The molecule has 76 valence electrons. The maximum absolute atomic E-state index is 13.0. The summed E-state index contributed by atoms with van der Waals surface area (Å²) >= 11 is 3.03. The molecule has 14 heavy (non-hydrogen) atoms. The number of carbonyl (C=O) groups excluding carboxylic acids is 1. The molecular formula is C9H9BrFNO2. The number of hydrogen-bond acceptors (Lipinski definition) is 3. The van der Waals surface area contributed by atoms with Gasteiger partial charge in [0, 0.05) is 6.42 Å². The van der Waals surface area contributed by atoms with Crippen LogP contribution in [0.1, 0.15) is 5.56 Å². The molecule has 0 heterocycles. The van der Waals surface area contributed by atoms with Gasteiger partial charge in [-0.15, -0.1) is 0 Å². The van der Waals surface area contributed by atoms with E-state index in [1.54, 1.807) is 12.1 Å². The lowest BCUT2D eigenvalue weighted by atomic mass is 10.1. The largest absolute Gasteiger partial charge is 0.449 e. The van der Waals surface area contributed by atoms with E-state index in [9.17, 15) is 9.18 Å². The lowest BCUT2D eigenvalue weighted by Crippen LogP contribution is -2.25. The summed E-state index contributed by atoms with van der Waals surface area (Å²) in [6, 6.07) is 4.64. The Morgan fingerprint density at radius 3 is 2.93 bits per heavy atom. The fourth-order valence-corrected chi connectivity index (χ4v) is 1.27. The van der Waals surface area contributed by atoms with Crippen LogP contribution < -0.4 is 5.73 Å². The summed E-state index contributed by atoms with van der Waals surface area (Å²) in [5.41, 5.74) is 6.10. The van der Waals surface area contributed by atoms with Crippen LogP contribution in [0.4, 0.5) is 4.39 Å². The summed E-state index contributed by atoms with van der Waals surface area (Å²) in [6.45, 7) is 0.278. The molecule has 1 unspecified atom stereocenters. The van der Waals surface area contributed by atoms with Gasteiger partial charge in [-0.05, 0) is 33.6 Å². The van der Waals surface area contributed by atoms with E-state index in [1.807, 2.05) is 0 Å². The highest BCUT2D eigenvalue weighted by atomic mass is 79.9. The van der Waals surface area contributed by atoms with E-state index in [0.717, 1.165) is 0 Å². The van der Waals surface area contributed by atoms with Crippen molar-refractivity contribution in [2.75, 3.05) is 0 Å². The number of halogens is 2. The number of hydrogen-bond donors (Lipinski definition) is 1. The summed E-state index contributed by atoms with van der Waals surface area (Å²) in [5.74, 6) is -0.360. The molecule has 3 nitrogen and oxygen atoms in total. The lowest BCUT2D eigenvalue weighted by Gasteiger charge is -2.09. The van der Waals surface area contributed by atoms with Gasteiger partial charge in [-0.2, -0.15) is 0 Å². The second-order valence-corrected chi connectivity index (χ2v) is 3.58. The van der Waals surface area contributed by atoms with Gasteiger partial charge in [-0.1, -0.05) is 6.07 Å². The van der Waals surface area contributed by atoms with Crippen LogP contribution in [0.15, 0.2) is 22.7 Å². The Labute approximate surface area is 89.2 Å². The van der Waals surface area contributed by atoms with Crippen LogP contribution in [-0.2, 0) is 16.0 Å². The van der Waals surface area contributed by atoms with Crippen LogP contribution in [0.25, 0.3) is 0 Å². The van der Waals surface area contributed by atoms with Crippen LogP contribution in [0.2, 0.25) is 0 Å². The van der Waals surface area contributed by atoms with E-state index >= 15 is 0 Å². The minimum atomic E-state index is -0.729. The fourth-order valence-electron chi connectivity index (χ4n) is 1.02. The van der Waals surface area contributed by atoms with Gasteiger partial charge in [-0.3, -0.25) is 10.5 Å². The summed E-state index contributed by atoms with van der Waals surface area (Å²) in [6.07, 6.45) is -0.434. The van der Waals surface area contributed by atoms with Crippen molar-refractivity contribution >= 4 is 22.4 Å². The molecule has 0 aromatic heterocycles. The van der Waals surface area contributed by atoms with Crippen LogP contribution in [-0.4, -0.2) is 12.7 Å². The second kappa shape index (κ2) is 5.07. The zero-order chi connectivity index (χ0) is 10.6. The van der Waals surface area contributed by atoms with Crippen molar-refractivity contribution in [3.05, 3.63) is 34.1 Å². The molecule has 1 atom stereocenters. The number of rotatable bonds is 4. The van der Waals surface area contributed by atoms with Gasteiger partial charge in [0.25, 0.3) is 6.47 Å². The monoisotopic (exact) mass is 261 g/mol. The predicted octanol–water partition coefficient (Wildman–Crippen LogP) is 1.59. The molecule has 2 N–H and O–H groups in total. The van der Waals surface area contributed by atoms with Gasteiger partial charge < -0.3 is 4.74 Å². The van der Waals surface area contributed by atoms with E-state index in [-0.39, 0.29) is 12.3 Å².